The molecule has 0 bridgehead atoms. The third kappa shape index (κ3) is 5.94. The van der Waals surface area contributed by atoms with Crippen LogP contribution in [0, 0.1) is 11.3 Å². The molecule has 0 saturated carbocycles. The molecular formula is C24H20N2O4. The molecule has 1 amide bonds. The lowest BCUT2D eigenvalue weighted by Crippen LogP contribution is -2.33. The van der Waals surface area contributed by atoms with Gasteiger partial charge in [-0.15, -0.1) is 0 Å². The molecule has 0 heterocycles. The number of ether oxygens (including phenoxy) is 2. The Morgan fingerprint density at radius 3 is 1.93 bits per heavy atom. The van der Waals surface area contributed by atoms with Crippen molar-refractivity contribution in [2.24, 2.45) is 0 Å². The quantitative estimate of drug-likeness (QED) is 0.586. The molecule has 0 atom stereocenters. The summed E-state index contributed by atoms with van der Waals surface area (Å²) in [6, 6.07) is 27.1. The lowest BCUT2D eigenvalue weighted by molar-refractivity contribution is -0.150. The summed E-state index contributed by atoms with van der Waals surface area (Å²) in [6.07, 6.45) is 0. The highest BCUT2D eigenvalue weighted by Gasteiger charge is 2.17. The number of nitrogens with zero attached hydrogens (tertiary/aromatic N) is 1. The molecule has 0 aromatic heterocycles. The van der Waals surface area contributed by atoms with Crippen LogP contribution in [0.2, 0.25) is 0 Å². The summed E-state index contributed by atoms with van der Waals surface area (Å²) in [4.78, 5) is 24.3. The van der Waals surface area contributed by atoms with Gasteiger partial charge in [0.2, 0.25) is 0 Å². The van der Waals surface area contributed by atoms with Crippen molar-refractivity contribution >= 4 is 11.9 Å². The van der Waals surface area contributed by atoms with E-state index in [0.717, 1.165) is 11.1 Å². The van der Waals surface area contributed by atoms with E-state index in [1.807, 2.05) is 66.7 Å². The van der Waals surface area contributed by atoms with Crippen LogP contribution in [0.15, 0.2) is 84.9 Å². The normalized spacial score (nSPS) is 10.1. The Morgan fingerprint density at radius 2 is 1.40 bits per heavy atom. The summed E-state index contributed by atoms with van der Waals surface area (Å²) in [5.41, 5.74) is 2.34. The zero-order valence-corrected chi connectivity index (χ0v) is 16.2. The van der Waals surface area contributed by atoms with Crippen LogP contribution in [-0.2, 0) is 14.3 Å². The van der Waals surface area contributed by atoms with Crippen molar-refractivity contribution in [3.63, 3.8) is 0 Å². The van der Waals surface area contributed by atoms with Gasteiger partial charge in [0.05, 0.1) is 17.7 Å². The maximum Gasteiger partial charge on any atom is 0.344 e. The van der Waals surface area contributed by atoms with E-state index < -0.39 is 18.5 Å². The van der Waals surface area contributed by atoms with Gasteiger partial charge in [-0.25, -0.2) is 4.79 Å². The maximum atomic E-state index is 12.4. The number of carbonyl (C=O) groups is 2. The highest BCUT2D eigenvalue weighted by atomic mass is 16.6. The average Bonchev–Trinajstić information content (AvgIpc) is 2.81. The van der Waals surface area contributed by atoms with E-state index in [0.29, 0.717) is 11.3 Å². The molecule has 30 heavy (non-hydrogen) atoms. The molecule has 3 rings (SSSR count). The zero-order chi connectivity index (χ0) is 21.2. The van der Waals surface area contributed by atoms with Crippen LogP contribution < -0.4 is 10.1 Å². The van der Waals surface area contributed by atoms with Gasteiger partial charge in [-0.2, -0.15) is 5.26 Å². The van der Waals surface area contributed by atoms with E-state index in [1.54, 1.807) is 24.3 Å². The van der Waals surface area contributed by atoms with Crippen LogP contribution >= 0.6 is 0 Å². The minimum Gasteiger partial charge on any atom is -0.482 e. The molecule has 0 aliphatic carbocycles. The number of benzene rings is 3. The molecule has 0 spiro atoms. The van der Waals surface area contributed by atoms with Crippen LogP contribution in [0.1, 0.15) is 22.7 Å². The van der Waals surface area contributed by atoms with Crippen LogP contribution in [-0.4, -0.2) is 25.1 Å². The summed E-state index contributed by atoms with van der Waals surface area (Å²) in [5, 5.41) is 11.7. The molecule has 0 aliphatic rings. The van der Waals surface area contributed by atoms with Crippen molar-refractivity contribution in [1.82, 2.24) is 5.32 Å². The number of carbonyl (C=O) groups excluding carboxylic acids is 2. The summed E-state index contributed by atoms with van der Waals surface area (Å²) in [6.45, 7) is -0.744. The van der Waals surface area contributed by atoms with Gasteiger partial charge in [0, 0.05) is 0 Å². The summed E-state index contributed by atoms with van der Waals surface area (Å²) < 4.78 is 10.3. The number of hydrogen-bond acceptors (Lipinski definition) is 5. The molecule has 0 fully saturated rings. The second-order valence-corrected chi connectivity index (χ2v) is 6.41. The lowest BCUT2D eigenvalue weighted by Gasteiger charge is -2.20. The molecule has 1 N–H and O–H groups in total. The minimum atomic E-state index is -0.662. The largest absolute Gasteiger partial charge is 0.482 e. The van der Waals surface area contributed by atoms with Crippen molar-refractivity contribution in [2.75, 3.05) is 13.2 Å². The Bertz CT molecular complexity index is 973. The molecule has 3 aromatic carbocycles. The van der Waals surface area contributed by atoms with Crippen molar-refractivity contribution in [2.45, 2.75) is 6.04 Å². The number of hydrogen-bond donors (Lipinski definition) is 1. The zero-order valence-electron chi connectivity index (χ0n) is 16.2. The molecular weight excluding hydrogens is 380 g/mol. The molecule has 3 aromatic rings. The number of nitrogens with one attached hydrogen (secondary N) is 1. The maximum absolute atomic E-state index is 12.4. The monoisotopic (exact) mass is 400 g/mol. The predicted molar refractivity (Wildman–Crippen MR) is 110 cm³/mol. The summed E-state index contributed by atoms with van der Waals surface area (Å²) in [5.74, 6) is -0.645. The second kappa shape index (κ2) is 10.4. The first-order chi connectivity index (χ1) is 14.7. The van der Waals surface area contributed by atoms with Crippen molar-refractivity contribution in [1.29, 1.82) is 5.26 Å². The van der Waals surface area contributed by atoms with Crippen LogP contribution in [0.5, 0.6) is 5.75 Å². The number of nitriles is 1. The fourth-order valence-corrected chi connectivity index (χ4v) is 2.81. The highest BCUT2D eigenvalue weighted by Crippen LogP contribution is 2.21. The van der Waals surface area contributed by atoms with E-state index in [1.165, 1.54) is 0 Å². The van der Waals surface area contributed by atoms with Crippen molar-refractivity contribution in [3.8, 4) is 11.8 Å². The molecule has 6 nitrogen and oxygen atoms in total. The third-order valence-electron chi connectivity index (χ3n) is 4.28. The molecule has 150 valence electrons. The molecule has 0 unspecified atom stereocenters. The second-order valence-electron chi connectivity index (χ2n) is 6.41. The van der Waals surface area contributed by atoms with Crippen molar-refractivity contribution < 1.29 is 19.1 Å². The number of rotatable bonds is 8. The molecule has 0 saturated heterocycles. The third-order valence-corrected chi connectivity index (χ3v) is 4.28. The molecule has 6 heteroatoms. The van der Waals surface area contributed by atoms with E-state index in [2.05, 4.69) is 5.32 Å². The smallest absolute Gasteiger partial charge is 0.344 e. The van der Waals surface area contributed by atoms with E-state index >= 15 is 0 Å². The Kier molecular flexibility index (Phi) is 7.17. The number of esters is 1. The lowest BCUT2D eigenvalue weighted by atomic mass is 9.99. The Balaban J connectivity index is 1.52. The fourth-order valence-electron chi connectivity index (χ4n) is 2.81. The van der Waals surface area contributed by atoms with Crippen LogP contribution in [0.25, 0.3) is 0 Å². The Labute approximate surface area is 174 Å². The van der Waals surface area contributed by atoms with Crippen molar-refractivity contribution in [3.05, 3.63) is 102 Å². The van der Waals surface area contributed by atoms with Gasteiger partial charge >= 0.3 is 5.97 Å². The fraction of sp³-hybridized carbons (Fsp3) is 0.125. The van der Waals surface area contributed by atoms with E-state index in [-0.39, 0.29) is 12.6 Å². The first-order valence-corrected chi connectivity index (χ1v) is 9.33. The average molecular weight is 400 g/mol. The molecule has 0 aliphatic heterocycles. The number of amides is 1. The first kappa shape index (κ1) is 20.6. The topological polar surface area (TPSA) is 88.4 Å². The summed E-state index contributed by atoms with van der Waals surface area (Å²) in [7, 11) is 0. The molecule has 0 radical (unpaired) electrons. The highest BCUT2D eigenvalue weighted by molar-refractivity contribution is 5.81. The Morgan fingerprint density at radius 1 is 0.833 bits per heavy atom. The Hall–Kier alpha value is -4.11. The van der Waals surface area contributed by atoms with Gasteiger partial charge < -0.3 is 14.8 Å². The van der Waals surface area contributed by atoms with E-state index in [4.69, 9.17) is 14.7 Å². The standard InChI is InChI=1S/C24H20N2O4/c25-15-18-11-13-21(14-12-18)29-17-23(28)30-16-22(27)26-24(19-7-3-1-4-8-19)20-9-5-2-6-10-20/h1-14,24H,16-17H2,(H,26,27). The van der Waals surface area contributed by atoms with Gasteiger partial charge in [-0.1, -0.05) is 60.7 Å². The van der Waals surface area contributed by atoms with Gasteiger partial charge in [-0.3, -0.25) is 4.79 Å². The minimum absolute atomic E-state index is 0.333. The van der Waals surface area contributed by atoms with Gasteiger partial charge in [0.1, 0.15) is 5.75 Å². The van der Waals surface area contributed by atoms with Gasteiger partial charge in [-0.05, 0) is 35.4 Å². The predicted octanol–water partition coefficient (Wildman–Crippen LogP) is 3.39. The van der Waals surface area contributed by atoms with Gasteiger partial charge in [0.15, 0.2) is 13.2 Å². The summed E-state index contributed by atoms with van der Waals surface area (Å²) >= 11 is 0. The first-order valence-electron chi connectivity index (χ1n) is 9.33. The van der Waals surface area contributed by atoms with Crippen LogP contribution in [0.4, 0.5) is 0 Å². The van der Waals surface area contributed by atoms with E-state index in [9.17, 15) is 9.59 Å². The van der Waals surface area contributed by atoms with Crippen LogP contribution in [0.3, 0.4) is 0 Å². The van der Waals surface area contributed by atoms with Gasteiger partial charge in [0.25, 0.3) is 5.91 Å². The SMILES string of the molecule is N#Cc1ccc(OCC(=O)OCC(=O)NC(c2ccccc2)c2ccccc2)cc1.